The van der Waals surface area contributed by atoms with Gasteiger partial charge < -0.3 is 74.7 Å². The minimum atomic E-state index is -1.84. The van der Waals surface area contributed by atoms with Crippen LogP contribution in [0, 0.1) is 17.8 Å². The SMILES string of the molecule is CC(=O)OCC1OC(OC2CC3C(O)CC(O)CC3[OH+]C2C2CC(O)C(O)C(O)C2)C(OC(=O)C2CC(O)C(O)C(O)C2)C(O)C1O. The molecule has 5 fully saturated rings. The normalized spacial score (nSPS) is 50.7. The van der Waals surface area contributed by atoms with E-state index in [9.17, 15) is 60.7 Å². The number of carbonyl (C=O) groups is 2. The van der Waals surface area contributed by atoms with Crippen molar-refractivity contribution in [1.29, 1.82) is 0 Å². The van der Waals surface area contributed by atoms with Crippen LogP contribution >= 0.6 is 0 Å². The van der Waals surface area contributed by atoms with E-state index in [0.29, 0.717) is 0 Å². The van der Waals surface area contributed by atoms with Gasteiger partial charge in [0.2, 0.25) is 0 Å². The Morgan fingerprint density at radius 1 is 0.723 bits per heavy atom. The van der Waals surface area contributed by atoms with E-state index >= 15 is 0 Å². The highest BCUT2D eigenvalue weighted by Gasteiger charge is 2.56. The lowest BCUT2D eigenvalue weighted by molar-refractivity contribution is -0.358. The highest BCUT2D eigenvalue weighted by Crippen LogP contribution is 2.42. The topological polar surface area (TPSA) is 286 Å². The van der Waals surface area contributed by atoms with Gasteiger partial charge in [0.1, 0.15) is 43.2 Å². The fourth-order valence-electron chi connectivity index (χ4n) is 7.85. The van der Waals surface area contributed by atoms with Gasteiger partial charge in [0, 0.05) is 25.7 Å². The molecule has 0 aromatic carbocycles. The van der Waals surface area contributed by atoms with E-state index in [1.54, 1.807) is 0 Å². The standard InChI is InChI=1S/C30H48O17/c1-10(31)43-9-22-25(40)26(41)28(47-29(42)12-4-18(36)24(39)19(37)5-12)30(46-22)45-21-8-14-15(33)6-13(32)7-20(14)44-27(21)11-2-16(34)23(38)17(35)3-11/h11-28,30,32-41H,2-9H2,1H3/p+1. The Bertz CT molecular complexity index is 1060. The molecule has 17 nitrogen and oxygen atoms in total. The smallest absolute Gasteiger partial charge is 0.309 e. The van der Waals surface area contributed by atoms with Crippen LogP contribution in [-0.2, 0) is 28.5 Å². The number of aliphatic hydroxyl groups is 12. The Hall–Kier alpha value is -1.58. The van der Waals surface area contributed by atoms with Crippen molar-refractivity contribution >= 4 is 11.9 Å². The molecule has 2 saturated heterocycles. The van der Waals surface area contributed by atoms with Crippen LogP contribution in [0.1, 0.15) is 51.9 Å². The Morgan fingerprint density at radius 2 is 1.32 bits per heavy atom. The van der Waals surface area contributed by atoms with Crippen LogP contribution in [0.3, 0.4) is 0 Å². The van der Waals surface area contributed by atoms with Gasteiger partial charge in [-0.2, -0.15) is 0 Å². The number of hydrogen-bond donors (Lipinski definition) is 10. The number of rotatable bonds is 7. The third-order valence-electron chi connectivity index (χ3n) is 10.5. The Balaban J connectivity index is 1.41. The molecule has 5 aliphatic rings. The van der Waals surface area contributed by atoms with Gasteiger partial charge in [0.15, 0.2) is 24.6 Å². The summed E-state index contributed by atoms with van der Waals surface area (Å²) in [4.78, 5) is 24.8. The van der Waals surface area contributed by atoms with E-state index in [1.165, 1.54) is 0 Å². The third-order valence-corrected chi connectivity index (χ3v) is 10.5. The summed E-state index contributed by atoms with van der Waals surface area (Å²) in [6.45, 7) is 0.640. The fraction of sp³-hybridized carbons (Fsp3) is 0.933. The van der Waals surface area contributed by atoms with E-state index in [2.05, 4.69) is 0 Å². The van der Waals surface area contributed by atoms with Crippen LogP contribution in [0.4, 0.5) is 0 Å². The van der Waals surface area contributed by atoms with Crippen LogP contribution in [0.25, 0.3) is 0 Å². The molecule has 0 aromatic heterocycles. The summed E-state index contributed by atoms with van der Waals surface area (Å²) in [5, 5.41) is 105. The minimum absolute atomic E-state index is 0.0350. The van der Waals surface area contributed by atoms with E-state index < -0.39 is 134 Å². The number of esters is 2. The quantitative estimate of drug-likeness (QED) is 0.0890. The minimum Gasteiger partial charge on any atom is -0.463 e. The lowest BCUT2D eigenvalue weighted by Gasteiger charge is -2.49. The number of fused-ring (bicyclic) bond motifs is 1. The second-order valence-electron chi connectivity index (χ2n) is 13.9. The van der Waals surface area contributed by atoms with Crippen molar-refractivity contribution in [3.8, 4) is 0 Å². The maximum Gasteiger partial charge on any atom is 0.309 e. The molecular formula is C30H49O17+. The zero-order valence-corrected chi connectivity index (χ0v) is 26.0. The Labute approximate surface area is 270 Å². The van der Waals surface area contributed by atoms with Gasteiger partial charge in [-0.25, -0.2) is 0 Å². The lowest BCUT2D eigenvalue weighted by atomic mass is 9.72. The van der Waals surface area contributed by atoms with Crippen LogP contribution in [-0.4, -0.2) is 172 Å². The molecule has 0 bridgehead atoms. The molecule has 2 heterocycles. The van der Waals surface area contributed by atoms with Crippen molar-refractivity contribution in [2.24, 2.45) is 17.8 Å². The largest absolute Gasteiger partial charge is 0.463 e. The van der Waals surface area contributed by atoms with Gasteiger partial charge in [-0.3, -0.25) is 9.59 Å². The average molecular weight is 682 g/mol. The molecule has 0 aromatic rings. The summed E-state index contributed by atoms with van der Waals surface area (Å²) in [5.74, 6) is -3.78. The molecule has 0 amide bonds. The highest BCUT2D eigenvalue weighted by atomic mass is 16.7. The lowest BCUT2D eigenvalue weighted by Crippen LogP contribution is -2.64. The van der Waals surface area contributed by atoms with E-state index in [-0.39, 0.29) is 44.9 Å². The molecule has 3 aliphatic carbocycles. The summed E-state index contributed by atoms with van der Waals surface area (Å²) < 4.78 is 27.8. The second-order valence-corrected chi connectivity index (χ2v) is 13.9. The number of ether oxygens (including phenoxy) is 5. The van der Waals surface area contributed by atoms with Gasteiger partial charge in [-0.05, 0) is 32.1 Å². The molecule has 0 radical (unpaired) electrons. The summed E-state index contributed by atoms with van der Waals surface area (Å²) in [6, 6.07) is 0. The molecule has 11 N–H and O–H groups in total. The Morgan fingerprint density at radius 3 is 1.91 bits per heavy atom. The molecule has 0 spiro atoms. The number of carbonyl (C=O) groups excluding carboxylic acids is 2. The van der Waals surface area contributed by atoms with Gasteiger partial charge in [0.05, 0.1) is 48.5 Å². The first kappa shape index (κ1) is 36.7. The van der Waals surface area contributed by atoms with E-state index in [4.69, 9.17) is 23.7 Å². The van der Waals surface area contributed by atoms with Crippen LogP contribution in [0.15, 0.2) is 0 Å². The first-order valence-corrected chi connectivity index (χ1v) is 16.3. The molecule has 17 heteroatoms. The zero-order valence-electron chi connectivity index (χ0n) is 26.0. The van der Waals surface area contributed by atoms with Gasteiger partial charge >= 0.3 is 11.9 Å². The van der Waals surface area contributed by atoms with Gasteiger partial charge in [-0.1, -0.05) is 0 Å². The average Bonchev–Trinajstić information content (AvgIpc) is 3.00. The maximum atomic E-state index is 13.3. The van der Waals surface area contributed by atoms with Crippen molar-refractivity contribution in [3.63, 3.8) is 0 Å². The predicted octanol–water partition coefficient (Wildman–Crippen LogP) is -4.92. The van der Waals surface area contributed by atoms with Crippen molar-refractivity contribution in [2.75, 3.05) is 6.61 Å². The van der Waals surface area contributed by atoms with Crippen molar-refractivity contribution in [3.05, 3.63) is 0 Å². The van der Waals surface area contributed by atoms with Crippen molar-refractivity contribution in [1.82, 2.24) is 0 Å². The molecule has 270 valence electrons. The number of aliphatic hydroxyl groups excluding tert-OH is 10. The molecule has 15 atom stereocenters. The van der Waals surface area contributed by atoms with Crippen LogP contribution in [0.2, 0.25) is 0 Å². The van der Waals surface area contributed by atoms with Crippen molar-refractivity contribution in [2.45, 2.75) is 150 Å². The fourth-order valence-corrected chi connectivity index (χ4v) is 7.85. The number of hydrogen-bond acceptors (Lipinski definition) is 16. The van der Waals surface area contributed by atoms with E-state index in [0.717, 1.165) is 6.92 Å². The Kier molecular flexibility index (Phi) is 11.8. The maximum absolute atomic E-state index is 13.3. The molecule has 2 aliphatic heterocycles. The molecular weight excluding hydrogens is 632 g/mol. The van der Waals surface area contributed by atoms with Gasteiger partial charge in [-0.15, -0.1) is 0 Å². The monoisotopic (exact) mass is 681 g/mol. The van der Waals surface area contributed by atoms with E-state index in [1.807, 2.05) is 0 Å². The van der Waals surface area contributed by atoms with Crippen LogP contribution in [0.5, 0.6) is 0 Å². The molecule has 3 saturated carbocycles. The molecule has 15 unspecified atom stereocenters. The van der Waals surface area contributed by atoms with Crippen molar-refractivity contribution < 1.29 is 84.3 Å². The first-order chi connectivity index (χ1) is 22.1. The molecule has 47 heavy (non-hydrogen) atoms. The second kappa shape index (κ2) is 15.1. The summed E-state index contributed by atoms with van der Waals surface area (Å²) in [6.07, 6.45) is -20.3. The summed E-state index contributed by atoms with van der Waals surface area (Å²) in [7, 11) is 0. The first-order valence-electron chi connectivity index (χ1n) is 16.3. The van der Waals surface area contributed by atoms with Crippen LogP contribution < -0.4 is 0 Å². The third kappa shape index (κ3) is 8.09. The summed E-state index contributed by atoms with van der Waals surface area (Å²) in [5.41, 5.74) is 0. The zero-order chi connectivity index (χ0) is 34.3. The highest BCUT2D eigenvalue weighted by molar-refractivity contribution is 5.73. The predicted molar refractivity (Wildman–Crippen MR) is 153 cm³/mol. The summed E-state index contributed by atoms with van der Waals surface area (Å²) >= 11 is 0. The molecule has 5 rings (SSSR count). The van der Waals surface area contributed by atoms with Gasteiger partial charge in [0.25, 0.3) is 0 Å².